The summed E-state index contributed by atoms with van der Waals surface area (Å²) in [5.74, 6) is 0. The van der Waals surface area contributed by atoms with Crippen molar-refractivity contribution in [1.82, 2.24) is 0 Å². The number of hydrogen-bond donors (Lipinski definition) is 0. The zero-order valence-electron chi connectivity index (χ0n) is 1.97. The van der Waals surface area contributed by atoms with Crippen LogP contribution in [0.5, 0.6) is 0 Å². The SMILES string of the molecule is [Mo].[O]=[V].[SbH3]. The fourth-order valence-corrected chi connectivity index (χ4v) is 0. The van der Waals surface area contributed by atoms with Crippen molar-refractivity contribution < 1.29 is 42.1 Å². The molecular weight excluding hydrogens is 285 g/mol. The zero-order chi connectivity index (χ0) is 2.00. The van der Waals surface area contributed by atoms with Crippen molar-refractivity contribution in [1.29, 1.82) is 0 Å². The van der Waals surface area contributed by atoms with Gasteiger partial charge in [-0.15, -0.1) is 0 Å². The van der Waals surface area contributed by atoms with Crippen LogP contribution in [0.3, 0.4) is 0 Å². The monoisotopic (exact) mass is 289 g/mol. The van der Waals surface area contributed by atoms with Crippen LogP contribution < -0.4 is 0 Å². The second kappa shape index (κ2) is 20.7. The fourth-order valence-electron chi connectivity index (χ4n) is 0. The van der Waals surface area contributed by atoms with E-state index in [4.69, 9.17) is 3.67 Å². The first-order valence-corrected chi connectivity index (χ1v) is 0.753. The van der Waals surface area contributed by atoms with Gasteiger partial charge in [-0.2, -0.15) is 0 Å². The second-order valence-electron chi connectivity index (χ2n) is 0. The van der Waals surface area contributed by atoms with Gasteiger partial charge < -0.3 is 0 Å². The topological polar surface area (TPSA) is 17.1 Å². The van der Waals surface area contributed by atoms with Crippen molar-refractivity contribution in [2.24, 2.45) is 0 Å². The van der Waals surface area contributed by atoms with E-state index < -0.39 is 0 Å². The van der Waals surface area contributed by atoms with Crippen LogP contribution >= 0.6 is 0 Å². The van der Waals surface area contributed by atoms with Gasteiger partial charge >= 0.3 is 45.5 Å². The normalized spacial score (nSPS) is 0.750. The molecule has 0 aromatic rings. The van der Waals surface area contributed by atoms with Gasteiger partial charge in [-0.3, -0.25) is 0 Å². The van der Waals surface area contributed by atoms with E-state index in [0.717, 1.165) is 17.4 Å². The average Bonchev–Trinajstić information content (AvgIpc) is 1.00. The van der Waals surface area contributed by atoms with Crippen molar-refractivity contribution in [3.63, 3.8) is 0 Å². The van der Waals surface area contributed by atoms with Gasteiger partial charge in [0.05, 0.1) is 0 Å². The molecule has 0 spiro atoms. The van der Waals surface area contributed by atoms with Crippen LogP contribution in [0.25, 0.3) is 0 Å². The van der Waals surface area contributed by atoms with Crippen molar-refractivity contribution >= 4 is 24.4 Å². The maximum atomic E-state index is 8.19. The van der Waals surface area contributed by atoms with E-state index in [9.17, 15) is 0 Å². The first kappa shape index (κ1) is 16.9. The second-order valence-corrected chi connectivity index (χ2v) is 0. The van der Waals surface area contributed by atoms with Crippen LogP contribution in [0.15, 0.2) is 0 Å². The minimum atomic E-state index is 0. The van der Waals surface area contributed by atoms with Crippen LogP contribution in [0, 0.1) is 0 Å². The molecule has 0 bridgehead atoms. The minimum absolute atomic E-state index is 0. The van der Waals surface area contributed by atoms with Crippen LogP contribution in [0.2, 0.25) is 0 Å². The molecule has 0 aromatic carbocycles. The Bertz CT molecular complexity index is 8.00. The molecule has 4 heteroatoms. The van der Waals surface area contributed by atoms with E-state index >= 15 is 0 Å². The molecule has 4 heavy (non-hydrogen) atoms. The first-order valence-electron chi connectivity index (χ1n) is 0.183. The van der Waals surface area contributed by atoms with Gasteiger partial charge in [0, 0.05) is 21.1 Å². The summed E-state index contributed by atoms with van der Waals surface area (Å²) in [6.45, 7) is 0. The molecule has 0 aliphatic rings. The van der Waals surface area contributed by atoms with Crippen molar-refractivity contribution in [3.8, 4) is 0 Å². The van der Waals surface area contributed by atoms with Gasteiger partial charge in [0.1, 0.15) is 0 Å². The van der Waals surface area contributed by atoms with Crippen LogP contribution in [0.1, 0.15) is 0 Å². The molecule has 0 aromatic heterocycles. The Balaban J connectivity index is -0.00000000500. The van der Waals surface area contributed by atoms with Gasteiger partial charge in [-0.1, -0.05) is 0 Å². The predicted octanol–water partition coefficient (Wildman–Crippen LogP) is -1.31. The molecule has 0 unspecified atom stereocenters. The molecule has 0 aliphatic heterocycles. The standard InChI is InChI=1S/Mo.O.Sb.V.3H. The molecule has 1 nitrogen and oxygen atoms in total. The first-order chi connectivity index (χ1) is 1.00. The van der Waals surface area contributed by atoms with Crippen LogP contribution in [0.4, 0.5) is 0 Å². The van der Waals surface area contributed by atoms with Gasteiger partial charge in [0.2, 0.25) is 0 Å². The molecule has 0 aliphatic carbocycles. The van der Waals surface area contributed by atoms with E-state index in [2.05, 4.69) is 0 Å². The summed E-state index contributed by atoms with van der Waals surface area (Å²) in [5.41, 5.74) is 0. The Morgan fingerprint density at radius 1 is 1.25 bits per heavy atom. The molecule has 0 saturated heterocycles. The van der Waals surface area contributed by atoms with E-state index in [0.29, 0.717) is 0 Å². The third kappa shape index (κ3) is 9.09. The predicted molar refractivity (Wildman–Crippen MR) is 10.6 cm³/mol. The Morgan fingerprint density at radius 2 is 1.25 bits per heavy atom. The molecule has 0 N–H and O–H groups in total. The summed E-state index contributed by atoms with van der Waals surface area (Å²) in [5, 5.41) is 0. The average molecular weight is 288 g/mol. The molecule has 0 heterocycles. The Kier molecular flexibility index (Phi) is 87.3. The van der Waals surface area contributed by atoms with Crippen LogP contribution in [-0.2, 0) is 42.1 Å². The molecule has 0 fully saturated rings. The Labute approximate surface area is 65.8 Å². The van der Waals surface area contributed by atoms with Crippen molar-refractivity contribution in [2.75, 3.05) is 0 Å². The van der Waals surface area contributed by atoms with Gasteiger partial charge in [0.15, 0.2) is 0 Å². The van der Waals surface area contributed by atoms with E-state index in [-0.39, 0.29) is 45.5 Å². The van der Waals surface area contributed by atoms with E-state index in [1.54, 1.807) is 0 Å². The Morgan fingerprint density at radius 3 is 1.25 bits per heavy atom. The van der Waals surface area contributed by atoms with E-state index in [1.807, 2.05) is 0 Å². The quantitative estimate of drug-likeness (QED) is 0.506. The zero-order valence-corrected chi connectivity index (χ0v) is 9.41. The third-order valence-electron chi connectivity index (χ3n) is 0. The molecule has 0 saturated carbocycles. The number of hydrogen-bond acceptors (Lipinski definition) is 1. The summed E-state index contributed by atoms with van der Waals surface area (Å²) in [4.78, 5) is 0. The van der Waals surface area contributed by atoms with E-state index in [1.165, 1.54) is 0 Å². The van der Waals surface area contributed by atoms with Gasteiger partial charge in [-0.25, -0.2) is 0 Å². The molecular formula is H3MoOSbV. The molecule has 0 radical (unpaired) electrons. The molecule has 0 rings (SSSR count). The fraction of sp³-hybridized carbons (Fsp3) is 0. The maximum absolute atomic E-state index is 8.19. The summed E-state index contributed by atoms with van der Waals surface area (Å²) in [6.07, 6.45) is 0. The Hall–Kier alpha value is 1.89. The summed E-state index contributed by atoms with van der Waals surface area (Å²) in [6, 6.07) is 0. The molecule has 25 valence electrons. The van der Waals surface area contributed by atoms with Crippen molar-refractivity contribution in [3.05, 3.63) is 0 Å². The molecule has 0 atom stereocenters. The summed E-state index contributed by atoms with van der Waals surface area (Å²) >= 11 is 1.06. The number of rotatable bonds is 0. The summed E-state index contributed by atoms with van der Waals surface area (Å²) < 4.78 is 8.19. The van der Waals surface area contributed by atoms with Gasteiger partial charge in [-0.05, 0) is 0 Å². The van der Waals surface area contributed by atoms with Gasteiger partial charge in [0.25, 0.3) is 0 Å². The van der Waals surface area contributed by atoms with Crippen molar-refractivity contribution in [2.45, 2.75) is 0 Å². The molecule has 0 amide bonds. The third-order valence-corrected chi connectivity index (χ3v) is 0. The summed E-state index contributed by atoms with van der Waals surface area (Å²) in [7, 11) is 0. The van der Waals surface area contributed by atoms with Crippen LogP contribution in [-0.4, -0.2) is 24.4 Å².